The second kappa shape index (κ2) is 9.24. The Kier molecular flexibility index (Phi) is 6.05. The van der Waals surface area contributed by atoms with E-state index in [0.29, 0.717) is 5.56 Å². The molecule has 4 rings (SSSR count). The monoisotopic (exact) mass is 417 g/mol. The van der Waals surface area contributed by atoms with Crippen LogP contribution in [0.25, 0.3) is 11.1 Å². The molecule has 3 heteroatoms. The summed E-state index contributed by atoms with van der Waals surface area (Å²) in [7, 11) is 0. The third kappa shape index (κ3) is 4.88. The molecule has 4 aromatic rings. The van der Waals surface area contributed by atoms with Crippen LogP contribution in [0.4, 0.5) is 17.1 Å². The van der Waals surface area contributed by atoms with E-state index in [0.717, 1.165) is 22.6 Å². The zero-order chi connectivity index (χ0) is 22.5. The number of nitrogens with zero attached hydrogens (tertiary/aromatic N) is 1. The predicted octanol–water partition coefficient (Wildman–Crippen LogP) is 6.88. The molecule has 0 aliphatic carbocycles. The Morgan fingerprint density at radius 1 is 0.625 bits per heavy atom. The topological polar surface area (TPSA) is 40.5 Å². The molecule has 0 unspecified atom stereocenters. The summed E-state index contributed by atoms with van der Waals surface area (Å²) in [6.45, 7) is 4.16. The normalized spacial score (nSPS) is 10.2. The molecular weight excluding hydrogens is 394 g/mol. The van der Waals surface area contributed by atoms with Crippen molar-refractivity contribution in [2.75, 3.05) is 4.90 Å². The molecule has 0 aromatic heterocycles. The molecule has 0 atom stereocenters. The van der Waals surface area contributed by atoms with Crippen molar-refractivity contribution in [1.29, 1.82) is 0 Å². The van der Waals surface area contributed by atoms with Crippen LogP contribution in [-0.2, 0) is 4.79 Å². The van der Waals surface area contributed by atoms with Crippen LogP contribution in [0.5, 0.6) is 0 Å². The van der Waals surface area contributed by atoms with E-state index < -0.39 is 5.97 Å². The van der Waals surface area contributed by atoms with E-state index in [1.165, 1.54) is 16.7 Å². The minimum atomic E-state index is -1.14. The maximum atomic E-state index is 10.7. The number of rotatable bonds is 4. The van der Waals surface area contributed by atoms with Crippen molar-refractivity contribution in [2.24, 2.45) is 0 Å². The summed E-state index contributed by atoms with van der Waals surface area (Å²) in [6, 6.07) is 33.0. The van der Waals surface area contributed by atoms with Gasteiger partial charge in [-0.3, -0.25) is 0 Å². The molecule has 4 aromatic carbocycles. The molecule has 1 N–H and O–H groups in total. The number of carboxylic acid groups (broad SMARTS) is 1. The lowest BCUT2D eigenvalue weighted by molar-refractivity contribution is -0.130. The maximum Gasteiger partial charge on any atom is 0.382 e. The summed E-state index contributed by atoms with van der Waals surface area (Å²) in [4.78, 5) is 12.9. The molecule has 0 amide bonds. The zero-order valence-electron chi connectivity index (χ0n) is 18.0. The highest BCUT2D eigenvalue weighted by Gasteiger charge is 2.12. The van der Waals surface area contributed by atoms with Crippen molar-refractivity contribution in [3.8, 4) is 23.0 Å². The van der Waals surface area contributed by atoms with Crippen LogP contribution in [0.3, 0.4) is 0 Å². The number of aryl methyl sites for hydroxylation is 2. The first-order valence-corrected chi connectivity index (χ1v) is 10.4. The molecule has 0 bridgehead atoms. The maximum absolute atomic E-state index is 10.7. The van der Waals surface area contributed by atoms with Gasteiger partial charge in [-0.25, -0.2) is 4.79 Å². The molecule has 0 radical (unpaired) electrons. The van der Waals surface area contributed by atoms with Crippen molar-refractivity contribution in [3.63, 3.8) is 0 Å². The van der Waals surface area contributed by atoms with Gasteiger partial charge in [-0.2, -0.15) is 0 Å². The molecule has 0 fully saturated rings. The van der Waals surface area contributed by atoms with Gasteiger partial charge in [-0.05, 0) is 73.5 Å². The van der Waals surface area contributed by atoms with Gasteiger partial charge in [0.25, 0.3) is 0 Å². The molecule has 156 valence electrons. The van der Waals surface area contributed by atoms with E-state index in [4.69, 9.17) is 5.11 Å². The van der Waals surface area contributed by atoms with Gasteiger partial charge in [0.15, 0.2) is 0 Å². The summed E-state index contributed by atoms with van der Waals surface area (Å²) in [6.07, 6.45) is 0. The zero-order valence-corrected chi connectivity index (χ0v) is 18.0. The lowest BCUT2D eigenvalue weighted by Gasteiger charge is -2.26. The highest BCUT2D eigenvalue weighted by atomic mass is 16.4. The largest absolute Gasteiger partial charge is 0.472 e. The molecular formula is C29H23NO2. The van der Waals surface area contributed by atoms with Crippen LogP contribution in [0.1, 0.15) is 16.7 Å². The van der Waals surface area contributed by atoms with Gasteiger partial charge in [0.05, 0.1) is 0 Å². The van der Waals surface area contributed by atoms with Gasteiger partial charge in [-0.1, -0.05) is 65.6 Å². The Balaban J connectivity index is 1.72. The summed E-state index contributed by atoms with van der Waals surface area (Å²) < 4.78 is 0. The smallest absolute Gasteiger partial charge is 0.382 e. The Bertz CT molecular complexity index is 1280. The van der Waals surface area contributed by atoms with Gasteiger partial charge in [0.2, 0.25) is 0 Å². The van der Waals surface area contributed by atoms with E-state index in [2.05, 4.69) is 103 Å². The fourth-order valence-corrected chi connectivity index (χ4v) is 3.51. The lowest BCUT2D eigenvalue weighted by Crippen LogP contribution is -2.09. The first-order valence-electron chi connectivity index (χ1n) is 10.4. The third-order valence-electron chi connectivity index (χ3n) is 5.24. The number of carbonyl (C=O) groups is 1. The second-order valence-electron chi connectivity index (χ2n) is 7.69. The average molecular weight is 418 g/mol. The molecule has 0 saturated carbocycles. The quantitative estimate of drug-likeness (QED) is 0.368. The van der Waals surface area contributed by atoms with Crippen LogP contribution in [0, 0.1) is 25.7 Å². The van der Waals surface area contributed by atoms with E-state index in [1.54, 1.807) is 0 Å². The number of aliphatic carboxylic acids is 1. The van der Waals surface area contributed by atoms with Crippen molar-refractivity contribution < 1.29 is 9.90 Å². The molecule has 3 nitrogen and oxygen atoms in total. The van der Waals surface area contributed by atoms with E-state index >= 15 is 0 Å². The number of carboxylic acids is 1. The molecule has 0 aliphatic rings. The van der Waals surface area contributed by atoms with Crippen molar-refractivity contribution in [2.45, 2.75) is 13.8 Å². The van der Waals surface area contributed by atoms with Crippen LogP contribution < -0.4 is 4.90 Å². The summed E-state index contributed by atoms with van der Waals surface area (Å²) >= 11 is 0. The minimum absolute atomic E-state index is 0.662. The summed E-state index contributed by atoms with van der Waals surface area (Å²) in [5, 5.41) is 8.77. The van der Waals surface area contributed by atoms with Gasteiger partial charge in [-0.15, -0.1) is 0 Å². The standard InChI is InChI=1S/C29H23NO2/c1-21-3-10-24(11-4-21)25-12-18-28(19-13-25)30(26-14-5-22(2)6-15-26)27-16-7-23(8-17-27)9-20-29(31)32/h3-8,10-19H,1-2H3,(H,31,32). The molecule has 0 heterocycles. The van der Waals surface area contributed by atoms with Crippen LogP contribution >= 0.6 is 0 Å². The third-order valence-corrected chi connectivity index (χ3v) is 5.24. The molecule has 0 aliphatic heterocycles. The van der Waals surface area contributed by atoms with Gasteiger partial charge < -0.3 is 10.0 Å². The van der Waals surface area contributed by atoms with E-state index in [9.17, 15) is 4.79 Å². The minimum Gasteiger partial charge on any atom is -0.472 e. The fraction of sp³-hybridized carbons (Fsp3) is 0.0690. The number of hydrogen-bond donors (Lipinski definition) is 1. The van der Waals surface area contributed by atoms with Gasteiger partial charge in [0.1, 0.15) is 0 Å². The molecule has 32 heavy (non-hydrogen) atoms. The predicted molar refractivity (Wildman–Crippen MR) is 131 cm³/mol. The van der Waals surface area contributed by atoms with Crippen molar-refractivity contribution in [1.82, 2.24) is 0 Å². The molecule has 0 saturated heterocycles. The van der Waals surface area contributed by atoms with E-state index in [-0.39, 0.29) is 0 Å². The Hall–Kier alpha value is -4.29. The van der Waals surface area contributed by atoms with Crippen LogP contribution in [0.2, 0.25) is 0 Å². The number of hydrogen-bond acceptors (Lipinski definition) is 2. The SMILES string of the molecule is Cc1ccc(-c2ccc(N(c3ccc(C)cc3)c3ccc(C#CC(=O)O)cc3)cc2)cc1. The van der Waals surface area contributed by atoms with Crippen molar-refractivity contribution >= 4 is 23.0 Å². The first-order chi connectivity index (χ1) is 15.5. The number of benzene rings is 4. The van der Waals surface area contributed by atoms with E-state index in [1.807, 2.05) is 24.3 Å². The summed E-state index contributed by atoms with van der Waals surface area (Å²) in [5.74, 6) is 3.68. The average Bonchev–Trinajstić information content (AvgIpc) is 2.81. The lowest BCUT2D eigenvalue weighted by atomic mass is 10.0. The number of anilines is 3. The first kappa shape index (κ1) is 21.0. The Morgan fingerprint density at radius 2 is 1.00 bits per heavy atom. The fourth-order valence-electron chi connectivity index (χ4n) is 3.51. The van der Waals surface area contributed by atoms with Crippen LogP contribution in [-0.4, -0.2) is 11.1 Å². The summed E-state index contributed by atoms with van der Waals surface area (Å²) in [5.41, 5.74) is 8.50. The Morgan fingerprint density at radius 3 is 1.47 bits per heavy atom. The Labute approximate surface area is 188 Å². The highest BCUT2D eigenvalue weighted by molar-refractivity contribution is 5.87. The second-order valence-corrected chi connectivity index (χ2v) is 7.69. The van der Waals surface area contributed by atoms with Gasteiger partial charge in [0, 0.05) is 28.5 Å². The van der Waals surface area contributed by atoms with Gasteiger partial charge >= 0.3 is 5.97 Å². The molecule has 0 spiro atoms. The van der Waals surface area contributed by atoms with Crippen molar-refractivity contribution in [3.05, 3.63) is 114 Å². The van der Waals surface area contributed by atoms with Crippen LogP contribution in [0.15, 0.2) is 97.1 Å². The highest BCUT2D eigenvalue weighted by Crippen LogP contribution is 2.35.